The third-order valence-electron chi connectivity index (χ3n) is 3.59. The van der Waals surface area contributed by atoms with Gasteiger partial charge in [-0.2, -0.15) is 0 Å². The Morgan fingerprint density at radius 3 is 2.75 bits per heavy atom. The average Bonchev–Trinajstić information content (AvgIpc) is 2.77. The number of nitrogens with one attached hydrogen (secondary N) is 2. The van der Waals surface area contributed by atoms with Crippen LogP contribution in [0.4, 0.5) is 10.5 Å². The van der Waals surface area contributed by atoms with E-state index >= 15 is 0 Å². The van der Waals surface area contributed by atoms with E-state index in [9.17, 15) is 9.59 Å². The summed E-state index contributed by atoms with van der Waals surface area (Å²) in [6.07, 6.45) is 4.67. The molecule has 1 aromatic heterocycles. The minimum Gasteiger partial charge on any atom is -0.481 e. The number of hydrogen-bond acceptors (Lipinski definition) is 3. The molecule has 3 N–H and O–H groups in total. The lowest BCUT2D eigenvalue weighted by atomic mass is 10.1. The van der Waals surface area contributed by atoms with Crippen molar-refractivity contribution in [2.75, 3.05) is 5.32 Å². The van der Waals surface area contributed by atoms with Gasteiger partial charge in [-0.1, -0.05) is 13.3 Å². The van der Waals surface area contributed by atoms with Gasteiger partial charge in [0, 0.05) is 6.04 Å². The van der Waals surface area contributed by atoms with Gasteiger partial charge in [0.05, 0.1) is 24.0 Å². The first-order valence-electron chi connectivity index (χ1n) is 6.79. The molecule has 2 unspecified atom stereocenters. The van der Waals surface area contributed by atoms with Crippen molar-refractivity contribution in [3.8, 4) is 0 Å². The first kappa shape index (κ1) is 14.3. The van der Waals surface area contributed by atoms with Crippen LogP contribution in [0.3, 0.4) is 0 Å². The van der Waals surface area contributed by atoms with E-state index in [1.54, 1.807) is 12.1 Å². The topological polar surface area (TPSA) is 91.3 Å². The summed E-state index contributed by atoms with van der Waals surface area (Å²) in [7, 11) is 0. The van der Waals surface area contributed by atoms with Crippen LogP contribution in [0.2, 0.25) is 0 Å². The van der Waals surface area contributed by atoms with Crippen molar-refractivity contribution in [3.05, 3.63) is 24.0 Å². The zero-order valence-corrected chi connectivity index (χ0v) is 11.4. The predicted octanol–water partition coefficient (Wildman–Crippen LogP) is 2.02. The van der Waals surface area contributed by atoms with Crippen LogP contribution in [-0.4, -0.2) is 28.1 Å². The second kappa shape index (κ2) is 6.36. The Morgan fingerprint density at radius 1 is 1.40 bits per heavy atom. The highest BCUT2D eigenvalue weighted by molar-refractivity contribution is 5.89. The number of nitrogens with zero attached hydrogens (tertiary/aromatic N) is 1. The molecule has 20 heavy (non-hydrogen) atoms. The number of carbonyl (C=O) groups excluding carboxylic acids is 1. The van der Waals surface area contributed by atoms with Crippen molar-refractivity contribution in [3.63, 3.8) is 0 Å². The number of aliphatic carboxylic acids is 1. The molecule has 6 heteroatoms. The van der Waals surface area contributed by atoms with E-state index in [0.29, 0.717) is 17.3 Å². The minimum absolute atomic E-state index is 0.119. The maximum Gasteiger partial charge on any atom is 0.319 e. The van der Waals surface area contributed by atoms with Crippen molar-refractivity contribution in [1.82, 2.24) is 10.3 Å². The summed E-state index contributed by atoms with van der Waals surface area (Å²) in [6, 6.07) is 3.25. The number of carboxylic acid groups (broad SMARTS) is 1. The molecule has 1 fully saturated rings. The number of rotatable bonds is 4. The Kier molecular flexibility index (Phi) is 4.55. The molecule has 1 saturated carbocycles. The quantitative estimate of drug-likeness (QED) is 0.785. The SMILES string of the molecule is CC1CCCC1NC(=O)Nc1ccc(CC(=O)O)nc1. The molecule has 2 atom stereocenters. The Morgan fingerprint density at radius 2 is 2.20 bits per heavy atom. The Bertz CT molecular complexity index is 487. The summed E-state index contributed by atoms with van der Waals surface area (Å²) < 4.78 is 0. The second-order valence-corrected chi connectivity index (χ2v) is 5.22. The lowest BCUT2D eigenvalue weighted by molar-refractivity contribution is -0.136. The highest BCUT2D eigenvalue weighted by Crippen LogP contribution is 2.24. The Balaban J connectivity index is 1.86. The van der Waals surface area contributed by atoms with E-state index in [1.165, 1.54) is 6.20 Å². The van der Waals surface area contributed by atoms with E-state index < -0.39 is 5.97 Å². The van der Waals surface area contributed by atoms with E-state index in [1.807, 2.05) is 0 Å². The molecule has 0 spiro atoms. The number of anilines is 1. The summed E-state index contributed by atoms with van der Waals surface area (Å²) >= 11 is 0. The van der Waals surface area contributed by atoms with Crippen molar-refractivity contribution >= 4 is 17.7 Å². The molecule has 6 nitrogen and oxygen atoms in total. The molecule has 0 aromatic carbocycles. The van der Waals surface area contributed by atoms with Gasteiger partial charge in [-0.05, 0) is 30.9 Å². The van der Waals surface area contributed by atoms with Gasteiger partial charge in [-0.3, -0.25) is 9.78 Å². The van der Waals surface area contributed by atoms with Crippen LogP contribution in [0.1, 0.15) is 31.9 Å². The lowest BCUT2D eigenvalue weighted by Gasteiger charge is -2.17. The Hall–Kier alpha value is -2.11. The summed E-state index contributed by atoms with van der Waals surface area (Å²) in [6.45, 7) is 2.14. The van der Waals surface area contributed by atoms with Crippen molar-refractivity contribution in [2.24, 2.45) is 5.92 Å². The molecule has 0 aliphatic heterocycles. The highest BCUT2D eigenvalue weighted by Gasteiger charge is 2.24. The highest BCUT2D eigenvalue weighted by atomic mass is 16.4. The third kappa shape index (κ3) is 3.94. The number of carboxylic acids is 1. The predicted molar refractivity (Wildman–Crippen MR) is 74.5 cm³/mol. The fourth-order valence-electron chi connectivity index (χ4n) is 2.45. The van der Waals surface area contributed by atoms with Crippen LogP contribution in [-0.2, 0) is 11.2 Å². The van der Waals surface area contributed by atoms with Crippen LogP contribution in [0.15, 0.2) is 18.3 Å². The van der Waals surface area contributed by atoms with E-state index in [2.05, 4.69) is 22.5 Å². The van der Waals surface area contributed by atoms with E-state index in [0.717, 1.165) is 19.3 Å². The fourth-order valence-corrected chi connectivity index (χ4v) is 2.45. The monoisotopic (exact) mass is 277 g/mol. The lowest BCUT2D eigenvalue weighted by Crippen LogP contribution is -2.39. The van der Waals surface area contributed by atoms with Gasteiger partial charge in [-0.15, -0.1) is 0 Å². The number of carbonyl (C=O) groups is 2. The van der Waals surface area contributed by atoms with Crippen molar-refractivity contribution in [1.29, 1.82) is 0 Å². The average molecular weight is 277 g/mol. The molecule has 1 aliphatic rings. The zero-order valence-electron chi connectivity index (χ0n) is 11.4. The van der Waals surface area contributed by atoms with Crippen LogP contribution < -0.4 is 10.6 Å². The van der Waals surface area contributed by atoms with Gasteiger partial charge in [0.1, 0.15) is 0 Å². The van der Waals surface area contributed by atoms with Gasteiger partial charge in [0.25, 0.3) is 0 Å². The molecule has 2 amide bonds. The third-order valence-corrected chi connectivity index (χ3v) is 3.59. The molecule has 1 aliphatic carbocycles. The number of urea groups is 1. The first-order valence-corrected chi connectivity index (χ1v) is 6.79. The summed E-state index contributed by atoms with van der Waals surface area (Å²) in [5.74, 6) is -0.414. The molecule has 2 rings (SSSR count). The molecule has 0 radical (unpaired) electrons. The smallest absolute Gasteiger partial charge is 0.319 e. The van der Waals surface area contributed by atoms with Crippen molar-refractivity contribution in [2.45, 2.75) is 38.6 Å². The minimum atomic E-state index is -0.925. The summed E-state index contributed by atoms with van der Waals surface area (Å²) in [4.78, 5) is 26.4. The summed E-state index contributed by atoms with van der Waals surface area (Å²) in [5.41, 5.74) is 1.02. The zero-order chi connectivity index (χ0) is 14.5. The van der Waals surface area contributed by atoms with Crippen LogP contribution in [0.5, 0.6) is 0 Å². The maximum absolute atomic E-state index is 11.8. The summed E-state index contributed by atoms with van der Waals surface area (Å²) in [5, 5.41) is 14.3. The Labute approximate surface area is 117 Å². The second-order valence-electron chi connectivity index (χ2n) is 5.22. The molecular formula is C14H19N3O3. The van der Waals surface area contributed by atoms with Crippen LogP contribution >= 0.6 is 0 Å². The first-order chi connectivity index (χ1) is 9.54. The number of amides is 2. The maximum atomic E-state index is 11.8. The van der Waals surface area contributed by atoms with Crippen LogP contribution in [0.25, 0.3) is 0 Å². The van der Waals surface area contributed by atoms with Crippen molar-refractivity contribution < 1.29 is 14.7 Å². The van der Waals surface area contributed by atoms with Gasteiger partial charge in [0.2, 0.25) is 0 Å². The van der Waals surface area contributed by atoms with E-state index in [4.69, 9.17) is 5.11 Å². The van der Waals surface area contributed by atoms with Crippen LogP contribution in [0, 0.1) is 5.92 Å². The molecular weight excluding hydrogens is 258 g/mol. The van der Waals surface area contributed by atoms with Gasteiger partial charge in [0.15, 0.2) is 0 Å². The number of hydrogen-bond donors (Lipinski definition) is 3. The molecule has 0 bridgehead atoms. The number of pyridine rings is 1. The van der Waals surface area contributed by atoms with Gasteiger partial charge in [-0.25, -0.2) is 4.79 Å². The molecule has 108 valence electrons. The standard InChI is InChI=1S/C14H19N3O3/c1-9-3-2-4-12(9)17-14(20)16-11-6-5-10(15-8-11)7-13(18)19/h5-6,8-9,12H,2-4,7H2,1H3,(H,18,19)(H2,16,17,20). The van der Waals surface area contributed by atoms with Gasteiger partial charge >= 0.3 is 12.0 Å². The normalized spacial score (nSPS) is 21.4. The molecule has 1 aromatic rings. The largest absolute Gasteiger partial charge is 0.481 e. The fraction of sp³-hybridized carbons (Fsp3) is 0.500. The number of aromatic nitrogens is 1. The molecule has 0 saturated heterocycles. The molecule has 1 heterocycles. The van der Waals surface area contributed by atoms with Gasteiger partial charge < -0.3 is 15.7 Å². The van der Waals surface area contributed by atoms with E-state index in [-0.39, 0.29) is 18.5 Å².